The van der Waals surface area contributed by atoms with Gasteiger partial charge in [-0.2, -0.15) is 5.10 Å². The van der Waals surface area contributed by atoms with Crippen LogP contribution in [0.3, 0.4) is 0 Å². The lowest BCUT2D eigenvalue weighted by Gasteiger charge is -2.33. The molecule has 2 aromatic rings. The van der Waals surface area contributed by atoms with Crippen LogP contribution in [0.2, 0.25) is 0 Å². The number of amides is 1. The highest BCUT2D eigenvalue weighted by molar-refractivity contribution is 5.76. The van der Waals surface area contributed by atoms with Gasteiger partial charge in [-0.05, 0) is 50.2 Å². The molecule has 4 nitrogen and oxygen atoms in total. The molecule has 0 radical (unpaired) electrons. The van der Waals surface area contributed by atoms with E-state index < -0.39 is 0 Å². The van der Waals surface area contributed by atoms with Crippen LogP contribution in [0.1, 0.15) is 30.5 Å². The van der Waals surface area contributed by atoms with Crippen molar-refractivity contribution < 1.29 is 4.79 Å². The molecule has 0 saturated carbocycles. The quantitative estimate of drug-likeness (QED) is 0.851. The van der Waals surface area contributed by atoms with Gasteiger partial charge in [0.1, 0.15) is 6.54 Å². The smallest absolute Gasteiger partial charge is 0.244 e. The van der Waals surface area contributed by atoms with Crippen LogP contribution >= 0.6 is 0 Å². The summed E-state index contributed by atoms with van der Waals surface area (Å²) in [7, 11) is 0. The zero-order valence-electron chi connectivity index (χ0n) is 13.8. The molecule has 1 fully saturated rings. The number of aromatic nitrogens is 2. The van der Waals surface area contributed by atoms with Crippen LogP contribution in [-0.2, 0) is 17.8 Å². The molecule has 0 spiro atoms. The average molecular weight is 311 g/mol. The van der Waals surface area contributed by atoms with Crippen molar-refractivity contribution in [2.75, 3.05) is 13.1 Å². The number of rotatable bonds is 5. The first kappa shape index (κ1) is 15.8. The highest BCUT2D eigenvalue weighted by Gasteiger charge is 2.23. The van der Waals surface area contributed by atoms with E-state index in [1.807, 2.05) is 24.1 Å². The summed E-state index contributed by atoms with van der Waals surface area (Å²) in [6.07, 6.45) is 6.49. The van der Waals surface area contributed by atoms with Gasteiger partial charge in [-0.1, -0.05) is 30.3 Å². The molecule has 2 heterocycles. The summed E-state index contributed by atoms with van der Waals surface area (Å²) in [5.41, 5.74) is 2.35. The zero-order chi connectivity index (χ0) is 16.1. The van der Waals surface area contributed by atoms with Gasteiger partial charge in [-0.3, -0.25) is 9.48 Å². The molecular weight excluding hydrogens is 286 g/mol. The number of nitrogens with zero attached hydrogens (tertiary/aromatic N) is 3. The summed E-state index contributed by atoms with van der Waals surface area (Å²) in [6.45, 7) is 4.09. The molecular formula is C19H25N3O. The second-order valence-electron chi connectivity index (χ2n) is 6.53. The second-order valence-corrected chi connectivity index (χ2v) is 6.53. The van der Waals surface area contributed by atoms with E-state index in [0.29, 0.717) is 12.5 Å². The number of carbonyl (C=O) groups excluding carboxylic acids is 1. The normalized spacial score (nSPS) is 18.1. The van der Waals surface area contributed by atoms with Crippen molar-refractivity contribution in [1.29, 1.82) is 0 Å². The minimum absolute atomic E-state index is 0.192. The Morgan fingerprint density at radius 2 is 2.09 bits per heavy atom. The van der Waals surface area contributed by atoms with Crippen molar-refractivity contribution in [3.63, 3.8) is 0 Å². The molecule has 1 aromatic carbocycles. The molecule has 0 N–H and O–H groups in total. The number of likely N-dealkylation sites (tertiary alicyclic amines) is 1. The maximum atomic E-state index is 12.5. The number of hydrogen-bond acceptors (Lipinski definition) is 2. The number of benzene rings is 1. The third kappa shape index (κ3) is 4.44. The molecule has 0 unspecified atom stereocenters. The van der Waals surface area contributed by atoms with E-state index in [0.717, 1.165) is 38.0 Å². The maximum absolute atomic E-state index is 12.5. The van der Waals surface area contributed by atoms with Crippen LogP contribution < -0.4 is 0 Å². The fourth-order valence-corrected chi connectivity index (χ4v) is 3.33. The van der Waals surface area contributed by atoms with E-state index in [9.17, 15) is 4.79 Å². The van der Waals surface area contributed by atoms with E-state index in [1.54, 1.807) is 4.68 Å². The Bertz CT molecular complexity index is 635. The van der Waals surface area contributed by atoms with Gasteiger partial charge in [0.05, 0.1) is 5.69 Å². The SMILES string of the molecule is Cc1ccn(CC(=O)N2CCC[C@@H](CCc3ccccc3)C2)n1. The minimum Gasteiger partial charge on any atom is -0.341 e. The third-order valence-electron chi connectivity index (χ3n) is 4.63. The fraction of sp³-hybridized carbons (Fsp3) is 0.474. The molecule has 1 amide bonds. The van der Waals surface area contributed by atoms with Crippen molar-refractivity contribution in [2.45, 2.75) is 39.2 Å². The maximum Gasteiger partial charge on any atom is 0.244 e. The number of piperidine rings is 1. The summed E-state index contributed by atoms with van der Waals surface area (Å²) >= 11 is 0. The van der Waals surface area contributed by atoms with Gasteiger partial charge in [-0.25, -0.2) is 0 Å². The Balaban J connectivity index is 1.50. The third-order valence-corrected chi connectivity index (χ3v) is 4.63. The molecule has 1 aliphatic rings. The van der Waals surface area contributed by atoms with Crippen molar-refractivity contribution in [3.05, 3.63) is 53.9 Å². The Hall–Kier alpha value is -2.10. The van der Waals surface area contributed by atoms with Crippen LogP contribution in [0.15, 0.2) is 42.6 Å². The summed E-state index contributed by atoms with van der Waals surface area (Å²) in [6, 6.07) is 12.6. The fourth-order valence-electron chi connectivity index (χ4n) is 3.33. The lowest BCUT2D eigenvalue weighted by Crippen LogP contribution is -2.41. The monoisotopic (exact) mass is 311 g/mol. The highest BCUT2D eigenvalue weighted by atomic mass is 16.2. The van der Waals surface area contributed by atoms with Gasteiger partial charge in [0.25, 0.3) is 0 Å². The Morgan fingerprint density at radius 3 is 2.83 bits per heavy atom. The van der Waals surface area contributed by atoms with Gasteiger partial charge in [-0.15, -0.1) is 0 Å². The molecule has 4 heteroatoms. The lowest BCUT2D eigenvalue weighted by atomic mass is 9.91. The average Bonchev–Trinajstić information content (AvgIpc) is 2.99. The highest BCUT2D eigenvalue weighted by Crippen LogP contribution is 2.22. The van der Waals surface area contributed by atoms with Crippen LogP contribution in [0, 0.1) is 12.8 Å². The predicted molar refractivity (Wildman–Crippen MR) is 91.0 cm³/mol. The molecule has 0 aliphatic carbocycles. The van der Waals surface area contributed by atoms with Gasteiger partial charge in [0.2, 0.25) is 5.91 Å². The van der Waals surface area contributed by atoms with E-state index in [-0.39, 0.29) is 5.91 Å². The van der Waals surface area contributed by atoms with E-state index in [4.69, 9.17) is 0 Å². The molecule has 122 valence electrons. The van der Waals surface area contributed by atoms with Crippen molar-refractivity contribution >= 4 is 5.91 Å². The summed E-state index contributed by atoms with van der Waals surface area (Å²) in [4.78, 5) is 14.5. The summed E-state index contributed by atoms with van der Waals surface area (Å²) in [5.74, 6) is 0.810. The molecule has 1 atom stereocenters. The Kier molecular flexibility index (Phi) is 5.11. The second kappa shape index (κ2) is 7.44. The zero-order valence-corrected chi connectivity index (χ0v) is 13.8. The van der Waals surface area contributed by atoms with Gasteiger partial charge in [0, 0.05) is 19.3 Å². The Morgan fingerprint density at radius 1 is 1.26 bits per heavy atom. The van der Waals surface area contributed by atoms with E-state index >= 15 is 0 Å². The van der Waals surface area contributed by atoms with Gasteiger partial charge in [0.15, 0.2) is 0 Å². The lowest BCUT2D eigenvalue weighted by molar-refractivity contribution is -0.133. The summed E-state index contributed by atoms with van der Waals surface area (Å²) < 4.78 is 1.74. The first-order chi connectivity index (χ1) is 11.2. The van der Waals surface area contributed by atoms with Crippen LogP contribution in [0.4, 0.5) is 0 Å². The van der Waals surface area contributed by atoms with E-state index in [1.165, 1.54) is 12.0 Å². The van der Waals surface area contributed by atoms with E-state index in [2.05, 4.69) is 35.4 Å². The molecule has 23 heavy (non-hydrogen) atoms. The summed E-state index contributed by atoms with van der Waals surface area (Å²) in [5, 5.41) is 4.31. The molecule has 3 rings (SSSR count). The van der Waals surface area contributed by atoms with Crippen LogP contribution in [-0.4, -0.2) is 33.7 Å². The molecule has 1 saturated heterocycles. The number of carbonyl (C=O) groups is 1. The topological polar surface area (TPSA) is 38.1 Å². The van der Waals surface area contributed by atoms with Crippen molar-refractivity contribution in [3.8, 4) is 0 Å². The molecule has 0 bridgehead atoms. The largest absolute Gasteiger partial charge is 0.341 e. The van der Waals surface area contributed by atoms with Crippen LogP contribution in [0.5, 0.6) is 0 Å². The van der Waals surface area contributed by atoms with Gasteiger partial charge >= 0.3 is 0 Å². The van der Waals surface area contributed by atoms with Crippen molar-refractivity contribution in [1.82, 2.24) is 14.7 Å². The first-order valence-electron chi connectivity index (χ1n) is 8.52. The molecule has 1 aromatic heterocycles. The standard InChI is InChI=1S/C19H25N3O/c1-16-11-13-22(20-16)15-19(23)21-12-5-8-18(14-21)10-9-17-6-3-2-4-7-17/h2-4,6-7,11,13,18H,5,8-10,12,14-15H2,1H3/t18-/m0/s1. The molecule has 1 aliphatic heterocycles. The Labute approximate surface area is 138 Å². The van der Waals surface area contributed by atoms with Crippen LogP contribution in [0.25, 0.3) is 0 Å². The number of hydrogen-bond donors (Lipinski definition) is 0. The van der Waals surface area contributed by atoms with Crippen molar-refractivity contribution in [2.24, 2.45) is 5.92 Å². The number of aryl methyl sites for hydroxylation is 2. The first-order valence-corrected chi connectivity index (χ1v) is 8.52. The predicted octanol–water partition coefficient (Wildman–Crippen LogP) is 3.06. The minimum atomic E-state index is 0.192. The van der Waals surface area contributed by atoms with Gasteiger partial charge < -0.3 is 4.90 Å².